The number of phenols is 1. The van der Waals surface area contributed by atoms with Gasteiger partial charge in [0, 0.05) is 22.7 Å². The number of phenolic OH excluding ortho intramolecular Hbond substituents is 1. The molecule has 0 aliphatic rings. The van der Waals surface area contributed by atoms with Gasteiger partial charge in [-0.15, -0.1) is 4.85 Å². The highest BCUT2D eigenvalue weighted by Crippen LogP contribution is 2.38. The fourth-order valence-corrected chi connectivity index (χ4v) is 2.73. The minimum absolute atomic E-state index is 0.00759. The standard InChI is InChI=1S/C17H18ClN3O3/c1-17(2,3)12-8-11(24-4)9-15(16(12)22)20-19-13-6-5-10(18)7-14(13)21(20)23/h5-9,22H,1-4H3. The highest BCUT2D eigenvalue weighted by molar-refractivity contribution is 6.31. The first-order valence-electron chi connectivity index (χ1n) is 7.42. The van der Waals surface area contributed by atoms with Crippen molar-refractivity contribution in [3.05, 3.63) is 46.1 Å². The van der Waals surface area contributed by atoms with Crippen LogP contribution in [0.15, 0.2) is 30.3 Å². The molecule has 0 saturated carbocycles. The van der Waals surface area contributed by atoms with Gasteiger partial charge in [-0.05, 0) is 28.4 Å². The molecule has 0 fully saturated rings. The zero-order valence-corrected chi connectivity index (χ0v) is 14.6. The minimum atomic E-state index is -0.336. The normalized spacial score (nSPS) is 11.9. The lowest BCUT2D eigenvalue weighted by Crippen LogP contribution is -2.37. The molecule has 126 valence electrons. The van der Waals surface area contributed by atoms with Crippen LogP contribution in [-0.4, -0.2) is 22.1 Å². The molecule has 6 nitrogen and oxygen atoms in total. The molecule has 7 heteroatoms. The lowest BCUT2D eigenvalue weighted by atomic mass is 9.86. The number of benzene rings is 2. The fourth-order valence-electron chi connectivity index (χ4n) is 2.57. The van der Waals surface area contributed by atoms with Gasteiger partial charge in [-0.1, -0.05) is 32.4 Å². The van der Waals surface area contributed by atoms with Crippen molar-refractivity contribution in [2.75, 3.05) is 7.11 Å². The van der Waals surface area contributed by atoms with Crippen LogP contribution in [0.4, 0.5) is 0 Å². The molecule has 0 unspecified atom stereocenters. The maximum atomic E-state index is 12.6. The third-order valence-corrected chi connectivity index (χ3v) is 4.08. The molecule has 0 amide bonds. The van der Waals surface area contributed by atoms with E-state index in [0.717, 1.165) is 4.80 Å². The molecule has 0 atom stereocenters. The lowest BCUT2D eigenvalue weighted by molar-refractivity contribution is -0.664. The fraction of sp³-hybridized carbons (Fsp3) is 0.294. The van der Waals surface area contributed by atoms with Crippen molar-refractivity contribution in [3.63, 3.8) is 0 Å². The Kier molecular flexibility index (Phi) is 3.80. The van der Waals surface area contributed by atoms with Gasteiger partial charge >= 0.3 is 0 Å². The molecule has 3 aromatic rings. The Morgan fingerprint density at radius 1 is 1.25 bits per heavy atom. The highest BCUT2D eigenvalue weighted by atomic mass is 35.5. The SMILES string of the molecule is COc1cc(-n2nc3ccc(Cl)cc3[n+]2[O-])c(O)c(C(C)(C)C)c1. The maximum Gasteiger partial charge on any atom is 0.250 e. The maximum absolute atomic E-state index is 12.6. The molecule has 1 heterocycles. The van der Waals surface area contributed by atoms with Crippen molar-refractivity contribution >= 4 is 22.6 Å². The zero-order valence-electron chi connectivity index (χ0n) is 13.9. The van der Waals surface area contributed by atoms with E-state index in [0.29, 0.717) is 32.2 Å². The van der Waals surface area contributed by atoms with Crippen LogP contribution in [0.2, 0.25) is 5.02 Å². The van der Waals surface area contributed by atoms with Crippen molar-refractivity contribution < 1.29 is 14.7 Å². The van der Waals surface area contributed by atoms with E-state index in [1.165, 1.54) is 13.2 Å². The predicted molar refractivity (Wildman–Crippen MR) is 92.0 cm³/mol. The van der Waals surface area contributed by atoms with Crippen LogP contribution >= 0.6 is 11.6 Å². The molecule has 1 N–H and O–H groups in total. The molecule has 24 heavy (non-hydrogen) atoms. The molecule has 0 aliphatic heterocycles. The number of aromatic nitrogens is 3. The first kappa shape index (κ1) is 16.4. The van der Waals surface area contributed by atoms with Gasteiger partial charge in [-0.25, -0.2) is 0 Å². The van der Waals surface area contributed by atoms with E-state index in [-0.39, 0.29) is 16.9 Å². The van der Waals surface area contributed by atoms with E-state index in [2.05, 4.69) is 5.10 Å². The number of rotatable bonds is 2. The molecule has 2 aromatic carbocycles. The highest BCUT2D eigenvalue weighted by Gasteiger charge is 2.26. The summed E-state index contributed by atoms with van der Waals surface area (Å²) >= 11 is 5.95. The van der Waals surface area contributed by atoms with Gasteiger partial charge in [0.2, 0.25) is 11.0 Å². The van der Waals surface area contributed by atoms with Gasteiger partial charge in [0.1, 0.15) is 5.75 Å². The summed E-state index contributed by atoms with van der Waals surface area (Å²) in [6.07, 6.45) is 0. The number of hydrogen-bond donors (Lipinski definition) is 1. The molecular weight excluding hydrogens is 330 g/mol. The Morgan fingerprint density at radius 2 is 1.96 bits per heavy atom. The molecule has 3 rings (SSSR count). The van der Waals surface area contributed by atoms with E-state index in [1.54, 1.807) is 24.3 Å². The van der Waals surface area contributed by atoms with Crippen molar-refractivity contribution in [1.82, 2.24) is 9.90 Å². The number of fused-ring (bicyclic) bond motifs is 1. The zero-order chi connectivity index (χ0) is 17.6. The minimum Gasteiger partial charge on any atom is -0.692 e. The van der Waals surface area contributed by atoms with E-state index < -0.39 is 0 Å². The predicted octanol–water partition coefficient (Wildman–Crippen LogP) is 3.32. The first-order chi connectivity index (χ1) is 11.2. The van der Waals surface area contributed by atoms with Gasteiger partial charge in [0.05, 0.1) is 12.2 Å². The number of halogens is 1. The van der Waals surface area contributed by atoms with Gasteiger partial charge in [-0.3, -0.25) is 0 Å². The van der Waals surface area contributed by atoms with Crippen molar-refractivity contribution in [2.24, 2.45) is 0 Å². The van der Waals surface area contributed by atoms with Crippen LogP contribution in [-0.2, 0) is 5.41 Å². The topological polar surface area (TPSA) is 74.2 Å². The Morgan fingerprint density at radius 3 is 2.58 bits per heavy atom. The summed E-state index contributed by atoms with van der Waals surface area (Å²) < 4.78 is 5.32. The van der Waals surface area contributed by atoms with Gasteiger partial charge < -0.3 is 15.1 Å². The van der Waals surface area contributed by atoms with Crippen LogP contribution < -0.4 is 9.58 Å². The van der Waals surface area contributed by atoms with Crippen LogP contribution in [0.3, 0.4) is 0 Å². The Hall–Kier alpha value is -2.47. The molecule has 0 spiro atoms. The van der Waals surface area contributed by atoms with Crippen LogP contribution in [0, 0.1) is 5.21 Å². The van der Waals surface area contributed by atoms with E-state index in [9.17, 15) is 10.3 Å². The molecule has 0 bridgehead atoms. The third-order valence-electron chi connectivity index (χ3n) is 3.84. The Labute approximate surface area is 144 Å². The number of ether oxygens (including phenoxy) is 1. The second-order valence-corrected chi connectivity index (χ2v) is 7.02. The van der Waals surface area contributed by atoms with Gasteiger partial charge in [0.25, 0.3) is 0 Å². The van der Waals surface area contributed by atoms with Gasteiger partial charge in [0.15, 0.2) is 11.4 Å². The van der Waals surface area contributed by atoms with Crippen LogP contribution in [0.1, 0.15) is 26.3 Å². The summed E-state index contributed by atoms with van der Waals surface area (Å²) in [5.74, 6) is 0.525. The average molecular weight is 348 g/mol. The second-order valence-electron chi connectivity index (χ2n) is 6.59. The molecule has 0 aliphatic carbocycles. The molecule has 1 aromatic heterocycles. The van der Waals surface area contributed by atoms with Gasteiger partial charge in [-0.2, -0.15) is 0 Å². The Bertz CT molecular complexity index is 929. The summed E-state index contributed by atoms with van der Waals surface area (Å²) in [7, 11) is 1.53. The number of methoxy groups -OCH3 is 1. The van der Waals surface area contributed by atoms with Crippen molar-refractivity contribution in [3.8, 4) is 17.2 Å². The summed E-state index contributed by atoms with van der Waals surface area (Å²) in [6, 6.07) is 8.19. The summed E-state index contributed by atoms with van der Waals surface area (Å²) in [5, 5.41) is 28.0. The van der Waals surface area contributed by atoms with Crippen LogP contribution in [0.25, 0.3) is 16.7 Å². The van der Waals surface area contributed by atoms with Crippen molar-refractivity contribution in [2.45, 2.75) is 26.2 Å². The first-order valence-corrected chi connectivity index (χ1v) is 7.80. The monoisotopic (exact) mass is 347 g/mol. The summed E-state index contributed by atoms with van der Waals surface area (Å²) in [5.41, 5.74) is 1.38. The van der Waals surface area contributed by atoms with E-state index in [1.807, 2.05) is 20.8 Å². The molecule has 0 radical (unpaired) electrons. The number of aromatic hydroxyl groups is 1. The third kappa shape index (κ3) is 2.63. The summed E-state index contributed by atoms with van der Waals surface area (Å²) in [4.78, 5) is 1.70. The number of nitrogens with zero attached hydrogens (tertiary/aromatic N) is 3. The lowest BCUT2D eigenvalue weighted by Gasteiger charge is -2.22. The smallest absolute Gasteiger partial charge is 0.250 e. The summed E-state index contributed by atoms with van der Waals surface area (Å²) in [6.45, 7) is 5.90. The largest absolute Gasteiger partial charge is 0.692 e. The quantitative estimate of drug-likeness (QED) is 0.570. The Balaban J connectivity index is 2.32. The van der Waals surface area contributed by atoms with Crippen molar-refractivity contribution in [1.29, 1.82) is 0 Å². The van der Waals surface area contributed by atoms with E-state index >= 15 is 0 Å². The average Bonchev–Trinajstić information content (AvgIpc) is 2.83. The molecular formula is C17H18ClN3O3. The van der Waals surface area contributed by atoms with Crippen LogP contribution in [0.5, 0.6) is 11.5 Å². The number of hydrogen-bond acceptors (Lipinski definition) is 4. The molecule has 0 saturated heterocycles. The van der Waals surface area contributed by atoms with E-state index in [4.69, 9.17) is 16.3 Å². The second kappa shape index (κ2) is 5.56.